The standard InChI is InChI=1S/C13H11Cl2N3O3S/c1-17-11(20)9(12(21)18(2)13(17)22)10(19)16-6-3-4-7(14)8(15)5-6/h3-5,9H,1-2H3,(H,16,19). The Balaban J connectivity index is 2.24. The molecule has 1 aromatic rings. The Labute approximate surface area is 141 Å². The van der Waals surface area contributed by atoms with Crippen LogP contribution >= 0.6 is 35.4 Å². The molecule has 1 N–H and O–H groups in total. The maximum Gasteiger partial charge on any atom is 0.250 e. The molecule has 1 fully saturated rings. The van der Waals surface area contributed by atoms with E-state index in [0.717, 1.165) is 9.80 Å². The van der Waals surface area contributed by atoms with Gasteiger partial charge in [0.1, 0.15) is 0 Å². The van der Waals surface area contributed by atoms with Crippen LogP contribution in [0.2, 0.25) is 10.0 Å². The quantitative estimate of drug-likeness (QED) is 0.645. The second kappa shape index (κ2) is 6.20. The van der Waals surface area contributed by atoms with Gasteiger partial charge in [0.15, 0.2) is 11.0 Å². The number of rotatable bonds is 2. The molecule has 116 valence electrons. The molecular weight excluding hydrogens is 349 g/mol. The van der Waals surface area contributed by atoms with Crippen LogP contribution in [-0.4, -0.2) is 46.7 Å². The molecule has 1 aliphatic heterocycles. The van der Waals surface area contributed by atoms with Crippen molar-refractivity contribution in [1.29, 1.82) is 0 Å². The summed E-state index contributed by atoms with van der Waals surface area (Å²) in [5.74, 6) is -3.60. The van der Waals surface area contributed by atoms with E-state index in [4.69, 9.17) is 35.4 Å². The van der Waals surface area contributed by atoms with Crippen molar-refractivity contribution in [1.82, 2.24) is 9.80 Å². The fourth-order valence-corrected chi connectivity index (χ4v) is 2.40. The van der Waals surface area contributed by atoms with Gasteiger partial charge in [-0.25, -0.2) is 0 Å². The van der Waals surface area contributed by atoms with Crippen molar-refractivity contribution >= 4 is 63.9 Å². The van der Waals surface area contributed by atoms with E-state index in [2.05, 4.69) is 5.32 Å². The van der Waals surface area contributed by atoms with Crippen LogP contribution in [0.5, 0.6) is 0 Å². The number of hydrogen-bond acceptors (Lipinski definition) is 4. The van der Waals surface area contributed by atoms with Gasteiger partial charge in [-0.3, -0.25) is 24.2 Å². The van der Waals surface area contributed by atoms with Crippen LogP contribution in [0.15, 0.2) is 18.2 Å². The van der Waals surface area contributed by atoms with Crippen molar-refractivity contribution in [3.63, 3.8) is 0 Å². The summed E-state index contributed by atoms with van der Waals surface area (Å²) in [7, 11) is 2.82. The fraction of sp³-hybridized carbons (Fsp3) is 0.231. The Morgan fingerprint density at radius 1 is 1.14 bits per heavy atom. The van der Waals surface area contributed by atoms with Crippen molar-refractivity contribution in [3.05, 3.63) is 28.2 Å². The second-order valence-electron chi connectivity index (χ2n) is 4.63. The van der Waals surface area contributed by atoms with Gasteiger partial charge in [-0.05, 0) is 30.4 Å². The van der Waals surface area contributed by atoms with Gasteiger partial charge in [-0.1, -0.05) is 23.2 Å². The summed E-state index contributed by atoms with van der Waals surface area (Å²) in [6, 6.07) is 4.44. The third-order valence-corrected chi connectivity index (χ3v) is 4.47. The lowest BCUT2D eigenvalue weighted by molar-refractivity contribution is -0.149. The summed E-state index contributed by atoms with van der Waals surface area (Å²) in [6.07, 6.45) is 0. The van der Waals surface area contributed by atoms with E-state index >= 15 is 0 Å². The lowest BCUT2D eigenvalue weighted by Crippen LogP contribution is -2.59. The second-order valence-corrected chi connectivity index (χ2v) is 5.81. The zero-order valence-corrected chi connectivity index (χ0v) is 13.9. The normalized spacial score (nSPS) is 16.3. The minimum Gasteiger partial charge on any atom is -0.325 e. The molecule has 6 nitrogen and oxygen atoms in total. The van der Waals surface area contributed by atoms with E-state index in [0.29, 0.717) is 10.7 Å². The Morgan fingerprint density at radius 3 is 2.18 bits per heavy atom. The Morgan fingerprint density at radius 2 is 1.68 bits per heavy atom. The maximum absolute atomic E-state index is 12.3. The van der Waals surface area contributed by atoms with Crippen molar-refractivity contribution in [2.45, 2.75) is 0 Å². The predicted octanol–water partition coefficient (Wildman–Crippen LogP) is 1.76. The molecule has 0 bridgehead atoms. The molecule has 0 aromatic heterocycles. The summed E-state index contributed by atoms with van der Waals surface area (Å²) in [5.41, 5.74) is 0.332. The molecule has 1 heterocycles. The molecule has 1 aliphatic rings. The molecule has 0 aliphatic carbocycles. The zero-order chi connectivity index (χ0) is 16.6. The number of carbonyl (C=O) groups excluding carboxylic acids is 3. The van der Waals surface area contributed by atoms with Crippen molar-refractivity contribution in [2.24, 2.45) is 5.92 Å². The summed E-state index contributed by atoms with van der Waals surface area (Å²) in [5, 5.41) is 3.10. The molecule has 22 heavy (non-hydrogen) atoms. The first-order chi connectivity index (χ1) is 10.2. The van der Waals surface area contributed by atoms with Gasteiger partial charge >= 0.3 is 0 Å². The number of hydrogen-bond donors (Lipinski definition) is 1. The minimum absolute atomic E-state index is 0.0496. The monoisotopic (exact) mass is 359 g/mol. The third kappa shape index (κ3) is 2.92. The van der Waals surface area contributed by atoms with E-state index < -0.39 is 23.6 Å². The number of nitrogens with one attached hydrogen (secondary N) is 1. The van der Waals surface area contributed by atoms with E-state index in [-0.39, 0.29) is 10.1 Å². The molecule has 9 heteroatoms. The van der Waals surface area contributed by atoms with Gasteiger partial charge in [0.2, 0.25) is 5.91 Å². The highest BCUT2D eigenvalue weighted by Crippen LogP contribution is 2.26. The lowest BCUT2D eigenvalue weighted by Gasteiger charge is -2.34. The topological polar surface area (TPSA) is 69.7 Å². The van der Waals surface area contributed by atoms with E-state index in [1.807, 2.05) is 0 Å². The number of anilines is 1. The number of nitrogens with zero attached hydrogens (tertiary/aromatic N) is 2. The summed E-state index contributed by atoms with van der Waals surface area (Å²) in [6.45, 7) is 0. The Hall–Kier alpha value is -1.70. The van der Waals surface area contributed by atoms with Gasteiger partial charge in [-0.15, -0.1) is 0 Å². The molecule has 1 saturated heterocycles. The van der Waals surface area contributed by atoms with E-state index in [9.17, 15) is 14.4 Å². The smallest absolute Gasteiger partial charge is 0.250 e. The number of amides is 3. The van der Waals surface area contributed by atoms with Crippen molar-refractivity contribution < 1.29 is 14.4 Å². The molecule has 2 rings (SSSR count). The van der Waals surface area contributed by atoms with Crippen LogP contribution < -0.4 is 5.32 Å². The minimum atomic E-state index is -1.49. The highest BCUT2D eigenvalue weighted by molar-refractivity contribution is 7.80. The largest absolute Gasteiger partial charge is 0.325 e. The molecular formula is C13H11Cl2N3O3S. The van der Waals surface area contributed by atoms with Crippen LogP contribution in [0, 0.1) is 5.92 Å². The first-order valence-corrected chi connectivity index (χ1v) is 7.25. The first kappa shape index (κ1) is 16.7. The maximum atomic E-state index is 12.3. The predicted molar refractivity (Wildman–Crippen MR) is 86.7 cm³/mol. The third-order valence-electron chi connectivity index (χ3n) is 3.18. The Bertz CT molecular complexity index is 671. The first-order valence-electron chi connectivity index (χ1n) is 6.09. The van der Waals surface area contributed by atoms with Crippen LogP contribution in [-0.2, 0) is 14.4 Å². The number of halogens is 2. The van der Waals surface area contributed by atoms with Crippen LogP contribution in [0.25, 0.3) is 0 Å². The fourth-order valence-electron chi connectivity index (χ4n) is 1.92. The summed E-state index contributed by atoms with van der Waals surface area (Å²) < 4.78 is 0. The van der Waals surface area contributed by atoms with Crippen LogP contribution in [0.4, 0.5) is 5.69 Å². The summed E-state index contributed by atoms with van der Waals surface area (Å²) in [4.78, 5) is 38.7. The van der Waals surface area contributed by atoms with Gasteiger partial charge in [-0.2, -0.15) is 0 Å². The van der Waals surface area contributed by atoms with Crippen molar-refractivity contribution in [2.75, 3.05) is 19.4 Å². The Kier molecular flexibility index (Phi) is 4.69. The highest BCUT2D eigenvalue weighted by Gasteiger charge is 2.44. The molecule has 0 radical (unpaired) electrons. The van der Waals surface area contributed by atoms with E-state index in [1.54, 1.807) is 0 Å². The van der Waals surface area contributed by atoms with Gasteiger partial charge in [0.25, 0.3) is 11.8 Å². The van der Waals surface area contributed by atoms with Crippen LogP contribution in [0.3, 0.4) is 0 Å². The zero-order valence-electron chi connectivity index (χ0n) is 11.6. The SMILES string of the molecule is CN1C(=O)C(C(=O)Nc2ccc(Cl)c(Cl)c2)C(=O)N(C)C1=S. The van der Waals surface area contributed by atoms with Crippen molar-refractivity contribution in [3.8, 4) is 0 Å². The molecule has 0 unspecified atom stereocenters. The molecule has 0 spiro atoms. The average molecular weight is 360 g/mol. The molecule has 0 atom stereocenters. The highest BCUT2D eigenvalue weighted by atomic mass is 35.5. The van der Waals surface area contributed by atoms with Crippen LogP contribution in [0.1, 0.15) is 0 Å². The van der Waals surface area contributed by atoms with Gasteiger partial charge in [0, 0.05) is 19.8 Å². The molecule has 1 aromatic carbocycles. The lowest BCUT2D eigenvalue weighted by atomic mass is 10.0. The van der Waals surface area contributed by atoms with E-state index in [1.165, 1.54) is 32.3 Å². The van der Waals surface area contributed by atoms with Gasteiger partial charge < -0.3 is 5.32 Å². The number of carbonyl (C=O) groups is 3. The molecule has 3 amide bonds. The number of benzene rings is 1. The van der Waals surface area contributed by atoms with Gasteiger partial charge in [0.05, 0.1) is 10.0 Å². The average Bonchev–Trinajstić information content (AvgIpc) is 2.47. The summed E-state index contributed by atoms with van der Waals surface area (Å²) >= 11 is 16.6. The molecule has 0 saturated carbocycles. The number of thiocarbonyl (C=S) groups is 1.